The number of hydrogen-bond donors (Lipinski definition) is 1. The predicted molar refractivity (Wildman–Crippen MR) is 85.8 cm³/mol. The molecule has 4 heteroatoms. The third-order valence-corrected chi connectivity index (χ3v) is 3.12. The zero-order chi connectivity index (χ0) is 15.8. The van der Waals surface area contributed by atoms with Crippen molar-refractivity contribution in [2.75, 3.05) is 0 Å². The zero-order valence-corrected chi connectivity index (χ0v) is 12.3. The van der Waals surface area contributed by atoms with Gasteiger partial charge in [-0.1, -0.05) is 36.4 Å². The van der Waals surface area contributed by atoms with Gasteiger partial charge in [0.15, 0.2) is 0 Å². The highest BCUT2D eigenvalue weighted by Gasteiger charge is 2.14. The molecule has 0 spiro atoms. The minimum absolute atomic E-state index is 0.374. The molecule has 0 radical (unpaired) electrons. The molecule has 1 atom stereocenters. The molecule has 1 unspecified atom stereocenters. The van der Waals surface area contributed by atoms with E-state index in [1.54, 1.807) is 6.08 Å². The van der Waals surface area contributed by atoms with E-state index >= 15 is 0 Å². The Morgan fingerprint density at radius 3 is 2.32 bits per heavy atom. The minimum Gasteiger partial charge on any atom is -0.457 e. The van der Waals surface area contributed by atoms with E-state index < -0.39 is 6.09 Å². The average molecular weight is 297 g/mol. The molecule has 0 bridgehead atoms. The first kappa shape index (κ1) is 15.6. The number of para-hydroxylation sites is 1. The lowest BCUT2D eigenvalue weighted by molar-refractivity contribution is 0.102. The van der Waals surface area contributed by atoms with Crippen LogP contribution in [-0.4, -0.2) is 6.09 Å². The number of allylic oxidation sites excluding steroid dienone is 1. The van der Waals surface area contributed by atoms with Crippen molar-refractivity contribution in [3.63, 3.8) is 0 Å². The van der Waals surface area contributed by atoms with Crippen LogP contribution in [0.2, 0.25) is 0 Å². The Labute approximate surface area is 130 Å². The highest BCUT2D eigenvalue weighted by molar-refractivity contribution is 5.65. The fourth-order valence-electron chi connectivity index (χ4n) is 2.08. The summed E-state index contributed by atoms with van der Waals surface area (Å²) in [6.45, 7) is 3.67. The lowest BCUT2D eigenvalue weighted by Gasteiger charge is -2.16. The molecular weight excluding hydrogens is 278 g/mol. The molecule has 0 aromatic heterocycles. The second-order valence-corrected chi connectivity index (χ2v) is 4.78. The standard InChI is InChI=1S/C18H19NO3/c1-2-3-9-17(22-18(19)20)14-10-12-16(13-11-14)21-15-7-5-4-6-8-15/h2,4-8,10-13,17H,1,3,9H2,(H2,19,20). The molecule has 0 aliphatic heterocycles. The summed E-state index contributed by atoms with van der Waals surface area (Å²) in [4.78, 5) is 11.0. The lowest BCUT2D eigenvalue weighted by Crippen LogP contribution is -2.17. The number of carbonyl (C=O) groups excluding carboxylic acids is 1. The van der Waals surface area contributed by atoms with Gasteiger partial charge in [0.25, 0.3) is 0 Å². The number of ether oxygens (including phenoxy) is 2. The van der Waals surface area contributed by atoms with Crippen LogP contribution in [0.4, 0.5) is 4.79 Å². The van der Waals surface area contributed by atoms with Crippen molar-refractivity contribution in [3.05, 3.63) is 72.8 Å². The second kappa shape index (κ2) is 7.88. The van der Waals surface area contributed by atoms with Crippen molar-refractivity contribution in [2.45, 2.75) is 18.9 Å². The Kier molecular flexibility index (Phi) is 5.60. The second-order valence-electron chi connectivity index (χ2n) is 4.78. The number of hydrogen-bond acceptors (Lipinski definition) is 3. The van der Waals surface area contributed by atoms with Gasteiger partial charge in [-0.2, -0.15) is 0 Å². The number of benzene rings is 2. The molecular formula is C18H19NO3. The number of nitrogens with two attached hydrogens (primary N) is 1. The Hall–Kier alpha value is -2.75. The van der Waals surface area contributed by atoms with Gasteiger partial charge in [0.1, 0.15) is 17.6 Å². The van der Waals surface area contributed by atoms with E-state index in [1.165, 1.54) is 0 Å². The summed E-state index contributed by atoms with van der Waals surface area (Å²) in [5.41, 5.74) is 6.00. The van der Waals surface area contributed by atoms with Gasteiger partial charge in [-0.3, -0.25) is 0 Å². The van der Waals surface area contributed by atoms with Crippen molar-refractivity contribution in [1.82, 2.24) is 0 Å². The maximum atomic E-state index is 11.0. The third kappa shape index (κ3) is 4.66. The fraction of sp³-hybridized carbons (Fsp3) is 0.167. The van der Waals surface area contributed by atoms with Crippen LogP contribution in [0.1, 0.15) is 24.5 Å². The Balaban J connectivity index is 2.08. The topological polar surface area (TPSA) is 61.5 Å². The predicted octanol–water partition coefficient (Wildman–Crippen LogP) is 4.58. The van der Waals surface area contributed by atoms with E-state index in [0.29, 0.717) is 6.42 Å². The van der Waals surface area contributed by atoms with Gasteiger partial charge < -0.3 is 15.2 Å². The number of amides is 1. The van der Waals surface area contributed by atoms with Crippen molar-refractivity contribution in [3.8, 4) is 11.5 Å². The normalized spacial score (nSPS) is 11.5. The molecule has 2 aromatic rings. The van der Waals surface area contributed by atoms with E-state index in [4.69, 9.17) is 15.2 Å². The third-order valence-electron chi connectivity index (χ3n) is 3.12. The molecule has 114 valence electrons. The largest absolute Gasteiger partial charge is 0.457 e. The molecule has 2 aromatic carbocycles. The molecule has 1 amide bonds. The van der Waals surface area contributed by atoms with E-state index in [9.17, 15) is 4.79 Å². The quantitative estimate of drug-likeness (QED) is 0.761. The molecule has 0 saturated heterocycles. The van der Waals surface area contributed by atoms with Crippen LogP contribution in [0.5, 0.6) is 11.5 Å². The van der Waals surface area contributed by atoms with Crippen molar-refractivity contribution >= 4 is 6.09 Å². The van der Waals surface area contributed by atoms with E-state index in [0.717, 1.165) is 23.5 Å². The highest BCUT2D eigenvalue weighted by Crippen LogP contribution is 2.27. The van der Waals surface area contributed by atoms with Crippen molar-refractivity contribution in [1.29, 1.82) is 0 Å². The maximum Gasteiger partial charge on any atom is 0.405 e. The van der Waals surface area contributed by atoms with Crippen LogP contribution in [-0.2, 0) is 4.74 Å². The molecule has 2 N–H and O–H groups in total. The SMILES string of the molecule is C=CCCC(OC(N)=O)c1ccc(Oc2ccccc2)cc1. The van der Waals surface area contributed by atoms with Crippen LogP contribution < -0.4 is 10.5 Å². The van der Waals surface area contributed by atoms with E-state index in [-0.39, 0.29) is 6.10 Å². The van der Waals surface area contributed by atoms with Crippen molar-refractivity contribution in [2.24, 2.45) is 5.73 Å². The maximum absolute atomic E-state index is 11.0. The van der Waals surface area contributed by atoms with Crippen LogP contribution in [0.15, 0.2) is 67.3 Å². The fourth-order valence-corrected chi connectivity index (χ4v) is 2.08. The summed E-state index contributed by atoms with van der Waals surface area (Å²) < 4.78 is 10.9. The molecule has 2 rings (SSSR count). The molecule has 0 aliphatic rings. The van der Waals surface area contributed by atoms with Gasteiger partial charge in [0.05, 0.1) is 0 Å². The molecule has 0 aliphatic carbocycles. The Bertz CT molecular complexity index is 608. The van der Waals surface area contributed by atoms with Crippen LogP contribution in [0.25, 0.3) is 0 Å². The van der Waals surface area contributed by atoms with Crippen molar-refractivity contribution < 1.29 is 14.3 Å². The summed E-state index contributed by atoms with van der Waals surface area (Å²) in [7, 11) is 0. The molecule has 0 saturated carbocycles. The number of rotatable bonds is 7. The Morgan fingerprint density at radius 2 is 1.73 bits per heavy atom. The summed E-state index contributed by atoms with van der Waals surface area (Å²) in [5.74, 6) is 1.49. The molecule has 0 fully saturated rings. The van der Waals surface area contributed by atoms with Crippen LogP contribution in [0.3, 0.4) is 0 Å². The summed E-state index contributed by atoms with van der Waals surface area (Å²) >= 11 is 0. The van der Waals surface area contributed by atoms with Gasteiger partial charge >= 0.3 is 6.09 Å². The van der Waals surface area contributed by atoms with Gasteiger partial charge in [-0.15, -0.1) is 6.58 Å². The van der Waals surface area contributed by atoms with Gasteiger partial charge in [-0.05, 0) is 42.7 Å². The van der Waals surface area contributed by atoms with Gasteiger partial charge in [0, 0.05) is 0 Å². The molecule has 4 nitrogen and oxygen atoms in total. The molecule has 0 heterocycles. The lowest BCUT2D eigenvalue weighted by atomic mass is 10.0. The van der Waals surface area contributed by atoms with Gasteiger partial charge in [-0.25, -0.2) is 4.79 Å². The Morgan fingerprint density at radius 1 is 1.09 bits per heavy atom. The molecule has 22 heavy (non-hydrogen) atoms. The zero-order valence-electron chi connectivity index (χ0n) is 12.3. The first-order valence-corrected chi connectivity index (χ1v) is 7.09. The number of carbonyl (C=O) groups is 1. The van der Waals surface area contributed by atoms with Gasteiger partial charge in [0.2, 0.25) is 0 Å². The monoisotopic (exact) mass is 297 g/mol. The number of primary amides is 1. The summed E-state index contributed by atoms with van der Waals surface area (Å²) in [5, 5.41) is 0. The first-order chi connectivity index (χ1) is 10.7. The smallest absolute Gasteiger partial charge is 0.405 e. The average Bonchev–Trinajstić information content (AvgIpc) is 2.53. The minimum atomic E-state index is -0.779. The van der Waals surface area contributed by atoms with Crippen LogP contribution in [0, 0.1) is 0 Å². The first-order valence-electron chi connectivity index (χ1n) is 7.09. The van der Waals surface area contributed by atoms with E-state index in [2.05, 4.69) is 6.58 Å². The van der Waals surface area contributed by atoms with Crippen LogP contribution >= 0.6 is 0 Å². The summed E-state index contributed by atoms with van der Waals surface area (Å²) in [6, 6.07) is 17.0. The summed E-state index contributed by atoms with van der Waals surface area (Å²) in [6.07, 6.45) is 2.01. The van der Waals surface area contributed by atoms with E-state index in [1.807, 2.05) is 54.6 Å². The highest BCUT2D eigenvalue weighted by atomic mass is 16.6.